The van der Waals surface area contributed by atoms with Crippen LogP contribution in [0.1, 0.15) is 10.4 Å². The van der Waals surface area contributed by atoms with Gasteiger partial charge in [-0.25, -0.2) is 13.1 Å². The van der Waals surface area contributed by atoms with Crippen LogP contribution in [0.2, 0.25) is 0 Å². The molecule has 0 aliphatic carbocycles. The average Bonchev–Trinajstić information content (AvgIpc) is 2.72. The Morgan fingerprint density at radius 3 is 2.50 bits per heavy atom. The Labute approximate surface area is 164 Å². The first kappa shape index (κ1) is 19.9. The molecule has 0 radical (unpaired) electrons. The van der Waals surface area contributed by atoms with Gasteiger partial charge in [0.15, 0.2) is 0 Å². The summed E-state index contributed by atoms with van der Waals surface area (Å²) in [5.41, 5.74) is 1.08. The van der Waals surface area contributed by atoms with Crippen molar-refractivity contribution in [1.29, 1.82) is 0 Å². The van der Waals surface area contributed by atoms with Gasteiger partial charge in [0.2, 0.25) is 10.0 Å². The summed E-state index contributed by atoms with van der Waals surface area (Å²) in [6.07, 6.45) is 1.45. The normalized spacial score (nSPS) is 14.7. The van der Waals surface area contributed by atoms with Crippen LogP contribution in [0.5, 0.6) is 5.75 Å². The van der Waals surface area contributed by atoms with Crippen molar-refractivity contribution in [3.63, 3.8) is 0 Å². The Kier molecular flexibility index (Phi) is 6.01. The van der Waals surface area contributed by atoms with E-state index in [9.17, 15) is 18.3 Å². The molecule has 1 heterocycles. The van der Waals surface area contributed by atoms with E-state index in [0.717, 1.165) is 5.69 Å². The third-order valence-corrected chi connectivity index (χ3v) is 6.02. The highest BCUT2D eigenvalue weighted by Gasteiger charge is 2.24. The minimum absolute atomic E-state index is 0.0491. The van der Waals surface area contributed by atoms with Gasteiger partial charge in [-0.1, -0.05) is 24.3 Å². The van der Waals surface area contributed by atoms with Crippen LogP contribution in [0.25, 0.3) is 0 Å². The minimum atomic E-state index is -3.69. The summed E-state index contributed by atoms with van der Waals surface area (Å²) in [7, 11) is -3.69. The molecule has 0 bridgehead atoms. The number of phenolic OH excluding ortho intramolecular Hbond substituents is 1. The van der Waals surface area contributed by atoms with E-state index >= 15 is 0 Å². The highest BCUT2D eigenvalue weighted by molar-refractivity contribution is 7.89. The highest BCUT2D eigenvalue weighted by atomic mass is 32.2. The van der Waals surface area contributed by atoms with Gasteiger partial charge in [0.05, 0.1) is 10.6 Å². The fourth-order valence-electron chi connectivity index (χ4n) is 3.11. The molecule has 0 aromatic heterocycles. The first-order valence-corrected chi connectivity index (χ1v) is 10.4. The number of carbonyl (C=O) groups excluding carboxylic acids is 1. The molecule has 2 aromatic carbocycles. The second-order valence-electron chi connectivity index (χ2n) is 6.44. The Balaban J connectivity index is 1.70. The van der Waals surface area contributed by atoms with E-state index in [-0.39, 0.29) is 23.1 Å². The van der Waals surface area contributed by atoms with Gasteiger partial charge in [-0.15, -0.1) is 6.58 Å². The number of phenols is 1. The van der Waals surface area contributed by atoms with Crippen molar-refractivity contribution in [2.24, 2.45) is 0 Å². The summed E-state index contributed by atoms with van der Waals surface area (Å²) < 4.78 is 26.9. The van der Waals surface area contributed by atoms with Crippen molar-refractivity contribution in [2.45, 2.75) is 4.90 Å². The highest BCUT2D eigenvalue weighted by Crippen LogP contribution is 2.27. The largest absolute Gasteiger partial charge is 0.506 e. The predicted molar refractivity (Wildman–Crippen MR) is 108 cm³/mol. The van der Waals surface area contributed by atoms with Crippen molar-refractivity contribution in [3.8, 4) is 5.75 Å². The lowest BCUT2D eigenvalue weighted by atomic mass is 10.1. The fourth-order valence-corrected chi connectivity index (χ4v) is 4.16. The van der Waals surface area contributed by atoms with E-state index < -0.39 is 10.0 Å². The summed E-state index contributed by atoms with van der Waals surface area (Å²) in [5.74, 6) is 0.00455. The smallest absolute Gasteiger partial charge is 0.254 e. The number of aromatic hydroxyl groups is 1. The van der Waals surface area contributed by atoms with Crippen molar-refractivity contribution in [3.05, 3.63) is 66.7 Å². The molecule has 28 heavy (non-hydrogen) atoms. The molecule has 1 saturated heterocycles. The maximum absolute atomic E-state index is 12.8. The number of nitrogens with zero attached hydrogens (tertiary/aromatic N) is 2. The first-order valence-electron chi connectivity index (χ1n) is 8.95. The summed E-state index contributed by atoms with van der Waals surface area (Å²) in [6, 6.07) is 13.1. The zero-order chi connectivity index (χ0) is 20.1. The lowest BCUT2D eigenvalue weighted by Crippen LogP contribution is -2.48. The molecule has 0 unspecified atom stereocenters. The molecule has 1 aliphatic heterocycles. The van der Waals surface area contributed by atoms with Crippen LogP contribution in [-0.4, -0.2) is 57.1 Å². The summed E-state index contributed by atoms with van der Waals surface area (Å²) in [6.45, 7) is 5.75. The van der Waals surface area contributed by atoms with E-state index in [1.807, 2.05) is 17.0 Å². The summed E-state index contributed by atoms with van der Waals surface area (Å²) in [5, 5.41) is 9.99. The third-order valence-electron chi connectivity index (χ3n) is 4.60. The Morgan fingerprint density at radius 1 is 1.11 bits per heavy atom. The number of hydrogen-bond donors (Lipinski definition) is 2. The molecule has 0 atom stereocenters. The van der Waals surface area contributed by atoms with Gasteiger partial charge in [-0.05, 0) is 30.3 Å². The molecule has 3 rings (SSSR count). The quantitative estimate of drug-likeness (QED) is 0.721. The van der Waals surface area contributed by atoms with E-state index in [0.29, 0.717) is 31.7 Å². The molecule has 7 nitrogen and oxygen atoms in total. The Morgan fingerprint density at radius 2 is 1.82 bits per heavy atom. The molecule has 1 fully saturated rings. The lowest BCUT2D eigenvalue weighted by molar-refractivity contribution is 0.0746. The van der Waals surface area contributed by atoms with Crippen LogP contribution >= 0.6 is 0 Å². The van der Waals surface area contributed by atoms with E-state index in [1.165, 1.54) is 18.2 Å². The van der Waals surface area contributed by atoms with Crippen molar-refractivity contribution in [1.82, 2.24) is 9.62 Å². The number of hydrogen-bond acceptors (Lipinski definition) is 5. The predicted octanol–water partition coefficient (Wildman–Crippen LogP) is 1.82. The SMILES string of the molecule is C=CCNS(=O)(=O)c1cccc(C(=O)N2CCN(c3ccccc3O)CC2)c1. The Bertz CT molecular complexity index is 967. The molecular weight excluding hydrogens is 378 g/mol. The lowest BCUT2D eigenvalue weighted by Gasteiger charge is -2.36. The molecule has 2 N–H and O–H groups in total. The second kappa shape index (κ2) is 8.45. The van der Waals surface area contributed by atoms with Gasteiger partial charge in [0, 0.05) is 38.3 Å². The van der Waals surface area contributed by atoms with Crippen LogP contribution < -0.4 is 9.62 Å². The number of piperazine rings is 1. The number of para-hydroxylation sites is 2. The molecule has 8 heteroatoms. The monoisotopic (exact) mass is 401 g/mol. The van der Waals surface area contributed by atoms with Crippen LogP contribution in [0.3, 0.4) is 0 Å². The zero-order valence-electron chi connectivity index (χ0n) is 15.4. The first-order chi connectivity index (χ1) is 13.4. The van der Waals surface area contributed by atoms with Gasteiger partial charge < -0.3 is 14.9 Å². The van der Waals surface area contributed by atoms with Gasteiger partial charge >= 0.3 is 0 Å². The van der Waals surface area contributed by atoms with Gasteiger partial charge in [-0.2, -0.15) is 0 Å². The molecular formula is C20H23N3O4S. The number of sulfonamides is 1. The number of rotatable bonds is 6. The number of benzene rings is 2. The standard InChI is InChI=1S/C20H23N3O4S/c1-2-10-21-28(26,27)17-7-5-6-16(15-17)20(25)23-13-11-22(12-14-23)18-8-3-4-9-19(18)24/h2-9,15,21,24H,1,10-14H2. The number of anilines is 1. The molecule has 0 spiro atoms. The van der Waals surface area contributed by atoms with Gasteiger partial charge in [0.25, 0.3) is 5.91 Å². The van der Waals surface area contributed by atoms with Crippen molar-refractivity contribution < 1.29 is 18.3 Å². The summed E-state index contributed by atoms with van der Waals surface area (Å²) in [4.78, 5) is 16.6. The van der Waals surface area contributed by atoms with Crippen LogP contribution in [0.4, 0.5) is 5.69 Å². The van der Waals surface area contributed by atoms with Gasteiger partial charge in [-0.3, -0.25) is 4.79 Å². The van der Waals surface area contributed by atoms with E-state index in [2.05, 4.69) is 11.3 Å². The van der Waals surface area contributed by atoms with Crippen LogP contribution in [-0.2, 0) is 10.0 Å². The summed E-state index contributed by atoms with van der Waals surface area (Å²) >= 11 is 0. The zero-order valence-corrected chi connectivity index (χ0v) is 16.2. The molecule has 1 amide bonds. The molecule has 2 aromatic rings. The molecule has 148 valence electrons. The Hall–Kier alpha value is -2.84. The average molecular weight is 401 g/mol. The second-order valence-corrected chi connectivity index (χ2v) is 8.20. The molecule has 0 saturated carbocycles. The minimum Gasteiger partial charge on any atom is -0.506 e. The van der Waals surface area contributed by atoms with Crippen LogP contribution in [0.15, 0.2) is 66.1 Å². The molecule has 1 aliphatic rings. The van der Waals surface area contributed by atoms with Crippen LogP contribution in [0, 0.1) is 0 Å². The van der Waals surface area contributed by atoms with Crippen molar-refractivity contribution in [2.75, 3.05) is 37.6 Å². The number of carbonyl (C=O) groups is 1. The third kappa shape index (κ3) is 4.35. The fraction of sp³-hybridized carbons (Fsp3) is 0.250. The maximum Gasteiger partial charge on any atom is 0.254 e. The number of amides is 1. The topological polar surface area (TPSA) is 90.0 Å². The number of nitrogens with one attached hydrogen (secondary N) is 1. The van der Waals surface area contributed by atoms with Gasteiger partial charge in [0.1, 0.15) is 5.75 Å². The van der Waals surface area contributed by atoms with E-state index in [1.54, 1.807) is 29.2 Å². The van der Waals surface area contributed by atoms with Crippen molar-refractivity contribution >= 4 is 21.6 Å². The van der Waals surface area contributed by atoms with E-state index in [4.69, 9.17) is 0 Å². The maximum atomic E-state index is 12.8.